The van der Waals surface area contributed by atoms with Gasteiger partial charge in [-0.1, -0.05) is 22.0 Å². The summed E-state index contributed by atoms with van der Waals surface area (Å²) >= 11 is 3.52. The predicted molar refractivity (Wildman–Crippen MR) is 83.3 cm³/mol. The van der Waals surface area contributed by atoms with Crippen LogP contribution in [-0.4, -0.2) is 31.1 Å². The van der Waals surface area contributed by atoms with Crippen molar-refractivity contribution in [1.29, 1.82) is 0 Å². The van der Waals surface area contributed by atoms with Crippen molar-refractivity contribution >= 4 is 28.3 Å². The number of nitrogens with one attached hydrogen (secondary N) is 1. The molecule has 0 saturated carbocycles. The third kappa shape index (κ3) is 4.28. The molecule has 0 spiro atoms. The molecule has 1 fully saturated rings. The van der Waals surface area contributed by atoms with Crippen LogP contribution in [-0.2, 0) is 0 Å². The highest BCUT2D eigenvalue weighted by Crippen LogP contribution is 2.31. The van der Waals surface area contributed by atoms with Crippen LogP contribution in [0.1, 0.15) is 18.0 Å². The summed E-state index contributed by atoms with van der Waals surface area (Å²) in [7, 11) is 0. The quantitative estimate of drug-likeness (QED) is 0.837. The largest absolute Gasteiger partial charge is 0.314 e. The second kappa shape index (κ2) is 8.00. The fourth-order valence-electron chi connectivity index (χ4n) is 2.39. The maximum absolute atomic E-state index is 13.4. The summed E-state index contributed by atoms with van der Waals surface area (Å²) in [6, 6.07) is 5.09. The monoisotopic (exact) mass is 348 g/mol. The Hall–Kier alpha value is -0.420. The van der Waals surface area contributed by atoms with E-state index >= 15 is 0 Å². The van der Waals surface area contributed by atoms with E-state index in [0.29, 0.717) is 0 Å². The Morgan fingerprint density at radius 2 is 2.11 bits per heavy atom. The molecule has 1 aliphatic rings. The highest BCUT2D eigenvalue weighted by atomic mass is 79.9. The summed E-state index contributed by atoms with van der Waals surface area (Å²) in [6.07, 6.45) is 2.74. The van der Waals surface area contributed by atoms with Crippen molar-refractivity contribution in [1.82, 2.24) is 10.2 Å². The van der Waals surface area contributed by atoms with Crippen LogP contribution in [0.3, 0.4) is 0 Å². The van der Waals surface area contributed by atoms with Gasteiger partial charge in [0.2, 0.25) is 0 Å². The molecule has 0 aliphatic carbocycles. The number of nitrogens with zero attached hydrogens (tertiary/aromatic N) is 1. The maximum Gasteiger partial charge on any atom is 0.123 e. The molecule has 1 aliphatic heterocycles. The first-order chi connectivity index (χ1) is 8.72. The molecule has 0 radical (unpaired) electrons. The third-order valence-corrected chi connectivity index (χ3v) is 4.02. The zero-order valence-electron chi connectivity index (χ0n) is 10.7. The minimum absolute atomic E-state index is 0. The van der Waals surface area contributed by atoms with E-state index in [4.69, 9.17) is 0 Å². The van der Waals surface area contributed by atoms with Crippen LogP contribution in [0.15, 0.2) is 35.3 Å². The van der Waals surface area contributed by atoms with E-state index in [2.05, 4.69) is 32.7 Å². The SMILES string of the molecule is C=CC[C@H](c1cc(F)ccc1Br)N1CCNCC1.Cl. The molecular weight excluding hydrogens is 331 g/mol. The molecular formula is C14H19BrClFN2. The zero-order valence-corrected chi connectivity index (χ0v) is 13.1. The highest BCUT2D eigenvalue weighted by molar-refractivity contribution is 9.10. The predicted octanol–water partition coefficient (Wildman–Crippen LogP) is 3.53. The molecule has 1 atom stereocenters. The Kier molecular flexibility index (Phi) is 7.00. The number of rotatable bonds is 4. The highest BCUT2D eigenvalue weighted by Gasteiger charge is 2.23. The van der Waals surface area contributed by atoms with Gasteiger partial charge in [0.1, 0.15) is 5.82 Å². The van der Waals surface area contributed by atoms with Crippen LogP contribution in [0.2, 0.25) is 0 Å². The van der Waals surface area contributed by atoms with Gasteiger partial charge in [-0.05, 0) is 30.2 Å². The summed E-state index contributed by atoms with van der Waals surface area (Å²) in [6.45, 7) is 7.77. The molecule has 5 heteroatoms. The third-order valence-electron chi connectivity index (χ3n) is 3.30. The molecule has 1 saturated heterocycles. The number of piperazine rings is 1. The minimum Gasteiger partial charge on any atom is -0.314 e. The van der Waals surface area contributed by atoms with Gasteiger partial charge in [-0.3, -0.25) is 4.90 Å². The molecule has 1 heterocycles. The van der Waals surface area contributed by atoms with Crippen LogP contribution in [0.4, 0.5) is 4.39 Å². The number of hydrogen-bond donors (Lipinski definition) is 1. The smallest absolute Gasteiger partial charge is 0.123 e. The molecule has 0 unspecified atom stereocenters. The second-order valence-corrected chi connectivity index (χ2v) is 5.35. The van der Waals surface area contributed by atoms with Gasteiger partial charge in [0, 0.05) is 36.7 Å². The molecule has 2 nitrogen and oxygen atoms in total. The van der Waals surface area contributed by atoms with Crippen LogP contribution < -0.4 is 5.32 Å². The van der Waals surface area contributed by atoms with Gasteiger partial charge in [0.05, 0.1) is 0 Å². The van der Waals surface area contributed by atoms with Crippen molar-refractivity contribution in [3.05, 3.63) is 46.7 Å². The van der Waals surface area contributed by atoms with Gasteiger partial charge in [0.25, 0.3) is 0 Å². The Morgan fingerprint density at radius 3 is 2.74 bits per heavy atom. The first-order valence-corrected chi connectivity index (χ1v) is 7.02. The lowest BCUT2D eigenvalue weighted by atomic mass is 10.0. The lowest BCUT2D eigenvalue weighted by Gasteiger charge is -2.35. The van der Waals surface area contributed by atoms with Crippen LogP contribution in [0.5, 0.6) is 0 Å². The summed E-state index contributed by atoms with van der Waals surface area (Å²) in [5, 5.41) is 3.34. The molecule has 0 aromatic heterocycles. The summed E-state index contributed by atoms with van der Waals surface area (Å²) in [5.74, 6) is -0.183. The molecule has 1 N–H and O–H groups in total. The standard InChI is InChI=1S/C14H18BrFN2.ClH/c1-2-3-14(18-8-6-17-7-9-18)12-10-11(16)4-5-13(12)15;/h2,4-5,10,14,17H,1,3,6-9H2;1H/t14-;/m1./s1. The van der Waals surface area contributed by atoms with E-state index in [1.54, 1.807) is 12.1 Å². The van der Waals surface area contributed by atoms with Crippen LogP contribution in [0.25, 0.3) is 0 Å². The second-order valence-electron chi connectivity index (χ2n) is 4.49. The molecule has 19 heavy (non-hydrogen) atoms. The number of benzene rings is 1. The lowest BCUT2D eigenvalue weighted by molar-refractivity contribution is 0.174. The van der Waals surface area contributed by atoms with E-state index in [1.807, 2.05) is 6.08 Å². The normalized spacial score (nSPS) is 17.6. The fourth-order valence-corrected chi connectivity index (χ4v) is 2.91. The summed E-state index contributed by atoms with van der Waals surface area (Å²) in [4.78, 5) is 2.39. The maximum atomic E-state index is 13.4. The Morgan fingerprint density at radius 1 is 1.42 bits per heavy atom. The fraction of sp³-hybridized carbons (Fsp3) is 0.429. The van der Waals surface area contributed by atoms with Crippen molar-refractivity contribution in [2.24, 2.45) is 0 Å². The molecule has 106 valence electrons. The summed E-state index contributed by atoms with van der Waals surface area (Å²) < 4.78 is 14.4. The van der Waals surface area contributed by atoms with E-state index in [1.165, 1.54) is 6.07 Å². The summed E-state index contributed by atoms with van der Waals surface area (Å²) in [5.41, 5.74) is 1.01. The van der Waals surface area contributed by atoms with E-state index in [0.717, 1.165) is 42.6 Å². The van der Waals surface area contributed by atoms with Crippen LogP contribution >= 0.6 is 28.3 Å². The lowest BCUT2D eigenvalue weighted by Crippen LogP contribution is -2.45. The molecule has 0 amide bonds. The van der Waals surface area contributed by atoms with Crippen molar-refractivity contribution < 1.29 is 4.39 Å². The van der Waals surface area contributed by atoms with Crippen LogP contribution in [0, 0.1) is 5.82 Å². The number of halogens is 3. The first-order valence-electron chi connectivity index (χ1n) is 6.23. The molecule has 1 aromatic carbocycles. The van der Waals surface area contributed by atoms with Gasteiger partial charge in [-0.2, -0.15) is 0 Å². The molecule has 2 rings (SSSR count). The average molecular weight is 350 g/mol. The topological polar surface area (TPSA) is 15.3 Å². The van der Waals surface area contributed by atoms with Crippen molar-refractivity contribution in [2.45, 2.75) is 12.5 Å². The first kappa shape index (κ1) is 16.6. The van der Waals surface area contributed by atoms with E-state index < -0.39 is 0 Å². The van der Waals surface area contributed by atoms with Gasteiger partial charge in [0.15, 0.2) is 0 Å². The van der Waals surface area contributed by atoms with E-state index in [9.17, 15) is 4.39 Å². The minimum atomic E-state index is -0.183. The van der Waals surface area contributed by atoms with E-state index in [-0.39, 0.29) is 24.3 Å². The van der Waals surface area contributed by atoms with Gasteiger partial charge in [-0.25, -0.2) is 4.39 Å². The van der Waals surface area contributed by atoms with Gasteiger partial charge in [-0.15, -0.1) is 19.0 Å². The number of hydrogen-bond acceptors (Lipinski definition) is 2. The Balaban J connectivity index is 0.00000180. The Labute approximate surface area is 128 Å². The van der Waals surface area contributed by atoms with Crippen molar-refractivity contribution in [2.75, 3.05) is 26.2 Å². The molecule has 0 bridgehead atoms. The molecule has 1 aromatic rings. The van der Waals surface area contributed by atoms with Crippen molar-refractivity contribution in [3.8, 4) is 0 Å². The zero-order chi connectivity index (χ0) is 13.0. The van der Waals surface area contributed by atoms with Gasteiger partial charge >= 0.3 is 0 Å². The average Bonchev–Trinajstić information content (AvgIpc) is 2.40. The van der Waals surface area contributed by atoms with Crippen molar-refractivity contribution in [3.63, 3.8) is 0 Å². The Bertz CT molecular complexity index is 422. The van der Waals surface area contributed by atoms with Gasteiger partial charge < -0.3 is 5.32 Å².